The second kappa shape index (κ2) is 11.8. The first-order valence-electron chi connectivity index (χ1n) is 7.66. The van der Waals surface area contributed by atoms with Gasteiger partial charge in [0.2, 0.25) is 0 Å². The average Bonchev–Trinajstić information content (AvgIpc) is 2.42. The molecule has 3 heteroatoms. The van der Waals surface area contributed by atoms with E-state index in [1.54, 1.807) is 6.08 Å². The molecule has 0 unspecified atom stereocenters. The number of aliphatic hydroxyl groups is 1. The van der Waals surface area contributed by atoms with Gasteiger partial charge in [0, 0.05) is 6.08 Å². The molecule has 0 aromatic carbocycles. The summed E-state index contributed by atoms with van der Waals surface area (Å²) < 4.78 is 0. The zero-order chi connectivity index (χ0) is 17.0. The molecule has 0 bridgehead atoms. The first kappa shape index (κ1) is 20.1. The lowest BCUT2D eigenvalue weighted by atomic mass is 10.1. The van der Waals surface area contributed by atoms with E-state index in [9.17, 15) is 9.90 Å². The van der Waals surface area contributed by atoms with Crippen LogP contribution in [0.3, 0.4) is 0 Å². The van der Waals surface area contributed by atoms with Crippen LogP contribution in [-0.2, 0) is 4.79 Å². The monoisotopic (exact) mass is 304 g/mol. The zero-order valence-electron chi connectivity index (χ0n) is 14.0. The van der Waals surface area contributed by atoms with Gasteiger partial charge in [-0.05, 0) is 27.2 Å². The summed E-state index contributed by atoms with van der Waals surface area (Å²) in [6, 6.07) is 0. The van der Waals surface area contributed by atoms with Crippen LogP contribution in [0.15, 0.2) is 59.3 Å². The van der Waals surface area contributed by atoms with Crippen LogP contribution in [0.25, 0.3) is 0 Å². The Balaban J connectivity index is 4.58. The Labute approximate surface area is 134 Å². The average molecular weight is 304 g/mol. The Bertz CT molecular complexity index is 491. The van der Waals surface area contributed by atoms with Gasteiger partial charge in [-0.1, -0.05) is 72.9 Å². The second-order valence-electron chi connectivity index (χ2n) is 5.45. The molecule has 0 aliphatic rings. The smallest absolute Gasteiger partial charge is 0.328 e. The number of carbonyl (C=O) groups is 1. The quantitative estimate of drug-likeness (QED) is 0.484. The summed E-state index contributed by atoms with van der Waals surface area (Å²) in [5.41, 5.74) is 2.94. The number of aliphatic carboxylic acids is 1. The molecule has 0 aliphatic carbocycles. The molecule has 22 heavy (non-hydrogen) atoms. The normalized spacial score (nSPS) is 15.8. The fraction of sp³-hybridized carbons (Fsp3) is 0.421. The van der Waals surface area contributed by atoms with Crippen LogP contribution in [0.4, 0.5) is 0 Å². The van der Waals surface area contributed by atoms with Crippen LogP contribution >= 0.6 is 0 Å². The molecule has 0 aromatic rings. The van der Waals surface area contributed by atoms with Crippen molar-refractivity contribution in [3.63, 3.8) is 0 Å². The number of carboxylic acid groups (broad SMARTS) is 1. The molecule has 0 spiro atoms. The molecule has 0 rings (SSSR count). The lowest BCUT2D eigenvalue weighted by Crippen LogP contribution is -2.01. The third-order valence-corrected chi connectivity index (χ3v) is 2.97. The topological polar surface area (TPSA) is 57.5 Å². The van der Waals surface area contributed by atoms with Gasteiger partial charge in [0.05, 0.1) is 6.10 Å². The molecular weight excluding hydrogens is 276 g/mol. The Morgan fingerprint density at radius 2 is 1.73 bits per heavy atom. The summed E-state index contributed by atoms with van der Waals surface area (Å²) >= 11 is 0. The molecule has 0 heterocycles. The van der Waals surface area contributed by atoms with Gasteiger partial charge >= 0.3 is 5.97 Å². The van der Waals surface area contributed by atoms with E-state index in [4.69, 9.17) is 5.11 Å². The molecule has 0 fully saturated rings. The van der Waals surface area contributed by atoms with E-state index in [-0.39, 0.29) is 6.10 Å². The van der Waals surface area contributed by atoms with Gasteiger partial charge in [-0.3, -0.25) is 0 Å². The van der Waals surface area contributed by atoms with Gasteiger partial charge < -0.3 is 10.2 Å². The highest BCUT2D eigenvalue weighted by Crippen LogP contribution is 2.07. The van der Waals surface area contributed by atoms with E-state index in [2.05, 4.69) is 6.92 Å². The van der Waals surface area contributed by atoms with Crippen molar-refractivity contribution in [3.05, 3.63) is 59.3 Å². The van der Waals surface area contributed by atoms with Crippen molar-refractivity contribution >= 4 is 5.97 Å². The number of rotatable bonds is 9. The van der Waals surface area contributed by atoms with Gasteiger partial charge in [-0.15, -0.1) is 0 Å². The van der Waals surface area contributed by atoms with Crippen molar-refractivity contribution in [2.45, 2.75) is 53.1 Å². The van der Waals surface area contributed by atoms with Crippen LogP contribution in [0.1, 0.15) is 47.0 Å². The third kappa shape index (κ3) is 11.9. The zero-order valence-corrected chi connectivity index (χ0v) is 14.0. The minimum atomic E-state index is -0.948. The highest BCUT2D eigenvalue weighted by Gasteiger charge is 1.98. The van der Waals surface area contributed by atoms with Crippen LogP contribution in [0, 0.1) is 0 Å². The summed E-state index contributed by atoms with van der Waals surface area (Å²) in [4.78, 5) is 10.4. The number of aliphatic hydroxyl groups excluding tert-OH is 1. The minimum Gasteiger partial charge on any atom is -0.478 e. The highest BCUT2D eigenvalue weighted by molar-refractivity contribution is 5.80. The van der Waals surface area contributed by atoms with Crippen molar-refractivity contribution in [1.29, 1.82) is 0 Å². The molecule has 2 N–H and O–H groups in total. The van der Waals surface area contributed by atoms with E-state index < -0.39 is 5.97 Å². The van der Waals surface area contributed by atoms with Crippen molar-refractivity contribution in [2.75, 3.05) is 0 Å². The number of carboxylic acids is 1. The van der Waals surface area contributed by atoms with Crippen molar-refractivity contribution < 1.29 is 15.0 Å². The molecule has 0 saturated heterocycles. The molecule has 1 atom stereocenters. The number of hydrogen-bond acceptors (Lipinski definition) is 2. The predicted octanol–water partition coefficient (Wildman–Crippen LogP) is 4.57. The second-order valence-corrected chi connectivity index (χ2v) is 5.45. The summed E-state index contributed by atoms with van der Waals surface area (Å²) in [6.45, 7) is 7.89. The largest absolute Gasteiger partial charge is 0.478 e. The SMILES string of the molecule is CCCC[C@H](O)C=C(C)C=CC=C(C)C=C(C)C=CC(=O)O. The van der Waals surface area contributed by atoms with Gasteiger partial charge in [0.25, 0.3) is 0 Å². The Hall–Kier alpha value is -1.87. The van der Waals surface area contributed by atoms with Crippen LogP contribution in [-0.4, -0.2) is 22.3 Å². The molecule has 3 nitrogen and oxygen atoms in total. The lowest BCUT2D eigenvalue weighted by Gasteiger charge is -2.04. The van der Waals surface area contributed by atoms with E-state index in [0.717, 1.165) is 42.1 Å². The van der Waals surface area contributed by atoms with Gasteiger partial charge in [-0.25, -0.2) is 4.79 Å². The summed E-state index contributed by atoms with van der Waals surface area (Å²) in [6.07, 6.45) is 14.8. The van der Waals surface area contributed by atoms with Crippen molar-refractivity contribution in [2.24, 2.45) is 0 Å². The highest BCUT2D eigenvalue weighted by atomic mass is 16.4. The third-order valence-electron chi connectivity index (χ3n) is 2.97. The minimum absolute atomic E-state index is 0.377. The Morgan fingerprint density at radius 1 is 1.05 bits per heavy atom. The predicted molar refractivity (Wildman–Crippen MR) is 92.7 cm³/mol. The maximum Gasteiger partial charge on any atom is 0.328 e. The van der Waals surface area contributed by atoms with Crippen molar-refractivity contribution in [1.82, 2.24) is 0 Å². The number of allylic oxidation sites excluding steroid dienone is 8. The number of unbranched alkanes of at least 4 members (excludes halogenated alkanes) is 1. The van der Waals surface area contributed by atoms with E-state index in [0.29, 0.717) is 0 Å². The molecule has 122 valence electrons. The first-order chi connectivity index (χ1) is 10.3. The van der Waals surface area contributed by atoms with E-state index >= 15 is 0 Å². The van der Waals surface area contributed by atoms with Gasteiger partial charge in [-0.2, -0.15) is 0 Å². The first-order valence-corrected chi connectivity index (χ1v) is 7.66. The molecule has 0 amide bonds. The summed E-state index contributed by atoms with van der Waals surface area (Å²) in [7, 11) is 0. The standard InChI is InChI=1S/C19H28O3/c1-5-6-10-18(20)14-16(3)9-7-8-15(2)13-17(4)11-12-19(21)22/h7-9,11-14,18,20H,5-6,10H2,1-4H3,(H,21,22)/t18-/m0/s1. The Morgan fingerprint density at radius 3 is 2.32 bits per heavy atom. The maximum atomic E-state index is 10.4. The molecule has 0 saturated carbocycles. The fourth-order valence-electron chi connectivity index (χ4n) is 1.87. The fourth-order valence-corrected chi connectivity index (χ4v) is 1.87. The van der Waals surface area contributed by atoms with Gasteiger partial charge in [0.15, 0.2) is 0 Å². The van der Waals surface area contributed by atoms with E-state index in [1.165, 1.54) is 0 Å². The van der Waals surface area contributed by atoms with Crippen LogP contribution in [0.5, 0.6) is 0 Å². The molecular formula is C19H28O3. The Kier molecular flexibility index (Phi) is 10.8. The van der Waals surface area contributed by atoms with Crippen LogP contribution < -0.4 is 0 Å². The van der Waals surface area contributed by atoms with Gasteiger partial charge in [0.1, 0.15) is 0 Å². The lowest BCUT2D eigenvalue weighted by molar-refractivity contribution is -0.131. The molecule has 0 radical (unpaired) electrons. The van der Waals surface area contributed by atoms with Crippen molar-refractivity contribution in [3.8, 4) is 0 Å². The number of hydrogen-bond donors (Lipinski definition) is 2. The summed E-state index contributed by atoms with van der Waals surface area (Å²) in [5, 5.41) is 18.3. The maximum absolute atomic E-state index is 10.4. The van der Waals surface area contributed by atoms with Crippen LogP contribution in [0.2, 0.25) is 0 Å². The van der Waals surface area contributed by atoms with E-state index in [1.807, 2.05) is 51.2 Å². The summed E-state index contributed by atoms with van der Waals surface area (Å²) in [5.74, 6) is -0.948. The molecule has 0 aromatic heterocycles. The molecule has 0 aliphatic heterocycles.